The average molecular weight is 291 g/mol. The standard InChI is InChI=1S/C12H21NO5S/c1-19(15,16)13-4-2-3-10(8-13)7-11(14)12-9-17-5-6-18-12/h10,12H,2-9H2,1H3. The van der Waals surface area contributed by atoms with Gasteiger partial charge in [-0.3, -0.25) is 4.79 Å². The molecule has 0 aliphatic carbocycles. The van der Waals surface area contributed by atoms with E-state index in [9.17, 15) is 13.2 Å². The van der Waals surface area contributed by atoms with Crippen molar-refractivity contribution in [3.8, 4) is 0 Å². The number of rotatable bonds is 4. The number of ketones is 1. The van der Waals surface area contributed by atoms with Gasteiger partial charge in [0.05, 0.1) is 26.1 Å². The normalized spacial score (nSPS) is 30.2. The lowest BCUT2D eigenvalue weighted by Crippen LogP contribution is -2.42. The first-order valence-corrected chi connectivity index (χ1v) is 8.49. The van der Waals surface area contributed by atoms with Crippen molar-refractivity contribution in [2.45, 2.75) is 25.4 Å². The molecule has 2 aliphatic heterocycles. The highest BCUT2D eigenvalue weighted by molar-refractivity contribution is 7.88. The van der Waals surface area contributed by atoms with Gasteiger partial charge in [0.25, 0.3) is 0 Å². The highest BCUT2D eigenvalue weighted by Gasteiger charge is 2.30. The van der Waals surface area contributed by atoms with E-state index in [2.05, 4.69) is 0 Å². The molecule has 110 valence electrons. The molecule has 2 rings (SSSR count). The third kappa shape index (κ3) is 4.24. The lowest BCUT2D eigenvalue weighted by molar-refractivity contribution is -0.146. The van der Waals surface area contributed by atoms with Crippen LogP contribution in [0.3, 0.4) is 0 Å². The molecule has 0 N–H and O–H groups in total. The van der Waals surface area contributed by atoms with E-state index in [-0.39, 0.29) is 11.7 Å². The summed E-state index contributed by atoms with van der Waals surface area (Å²) < 4.78 is 35.1. The number of hydrogen-bond acceptors (Lipinski definition) is 5. The number of sulfonamides is 1. The SMILES string of the molecule is CS(=O)(=O)N1CCCC(CC(=O)C2COCCO2)C1. The highest BCUT2D eigenvalue weighted by atomic mass is 32.2. The van der Waals surface area contributed by atoms with Crippen molar-refractivity contribution in [3.63, 3.8) is 0 Å². The fourth-order valence-electron chi connectivity index (χ4n) is 2.58. The number of carbonyl (C=O) groups excluding carboxylic acids is 1. The largest absolute Gasteiger partial charge is 0.376 e. The Morgan fingerprint density at radius 3 is 2.79 bits per heavy atom. The third-order valence-electron chi connectivity index (χ3n) is 3.62. The van der Waals surface area contributed by atoms with Crippen LogP contribution in [0.2, 0.25) is 0 Å². The fourth-order valence-corrected chi connectivity index (χ4v) is 3.53. The van der Waals surface area contributed by atoms with Crippen LogP contribution >= 0.6 is 0 Å². The average Bonchev–Trinajstić information content (AvgIpc) is 2.39. The smallest absolute Gasteiger partial charge is 0.211 e. The quantitative estimate of drug-likeness (QED) is 0.731. The van der Waals surface area contributed by atoms with Crippen LogP contribution in [-0.4, -0.2) is 63.8 Å². The maximum Gasteiger partial charge on any atom is 0.211 e. The van der Waals surface area contributed by atoms with Crippen LogP contribution in [0.25, 0.3) is 0 Å². The van der Waals surface area contributed by atoms with E-state index in [1.54, 1.807) is 0 Å². The van der Waals surface area contributed by atoms with Crippen molar-refractivity contribution in [3.05, 3.63) is 0 Å². The second kappa shape index (κ2) is 6.30. The Balaban J connectivity index is 1.86. The summed E-state index contributed by atoms with van der Waals surface area (Å²) in [6.07, 6.45) is 2.83. The zero-order valence-corrected chi connectivity index (χ0v) is 12.0. The molecule has 2 heterocycles. The van der Waals surface area contributed by atoms with Gasteiger partial charge in [0.1, 0.15) is 6.10 Å². The molecule has 2 fully saturated rings. The van der Waals surface area contributed by atoms with Crippen LogP contribution in [0.15, 0.2) is 0 Å². The van der Waals surface area contributed by atoms with E-state index in [4.69, 9.17) is 9.47 Å². The zero-order valence-electron chi connectivity index (χ0n) is 11.2. The lowest BCUT2D eigenvalue weighted by Gasteiger charge is -2.31. The maximum absolute atomic E-state index is 12.0. The van der Waals surface area contributed by atoms with Gasteiger partial charge in [0.2, 0.25) is 10.0 Å². The Morgan fingerprint density at radius 1 is 1.37 bits per heavy atom. The Bertz CT molecular complexity index is 416. The minimum Gasteiger partial charge on any atom is -0.376 e. The highest BCUT2D eigenvalue weighted by Crippen LogP contribution is 2.22. The number of carbonyl (C=O) groups is 1. The first kappa shape index (κ1) is 14.9. The molecule has 6 nitrogen and oxygen atoms in total. The predicted octanol–water partition coefficient (Wildman–Crippen LogP) is 0.0326. The molecule has 0 aromatic heterocycles. The van der Waals surface area contributed by atoms with Crippen molar-refractivity contribution < 1.29 is 22.7 Å². The summed E-state index contributed by atoms with van der Waals surface area (Å²) in [7, 11) is -3.15. The van der Waals surface area contributed by atoms with Gasteiger partial charge in [-0.05, 0) is 18.8 Å². The van der Waals surface area contributed by atoms with E-state index >= 15 is 0 Å². The van der Waals surface area contributed by atoms with E-state index in [0.717, 1.165) is 12.8 Å². The van der Waals surface area contributed by atoms with Crippen molar-refractivity contribution in [2.75, 3.05) is 39.2 Å². The van der Waals surface area contributed by atoms with Gasteiger partial charge in [-0.2, -0.15) is 0 Å². The molecule has 0 saturated carbocycles. The molecule has 0 aromatic rings. The number of nitrogens with zero attached hydrogens (tertiary/aromatic N) is 1. The summed E-state index contributed by atoms with van der Waals surface area (Å²) in [5, 5.41) is 0. The molecule has 2 unspecified atom stereocenters. The van der Waals surface area contributed by atoms with Gasteiger partial charge in [0.15, 0.2) is 5.78 Å². The summed E-state index contributed by atoms with van der Waals surface area (Å²) in [5.41, 5.74) is 0. The second-order valence-corrected chi connectivity index (χ2v) is 7.22. The first-order chi connectivity index (χ1) is 8.97. The van der Waals surface area contributed by atoms with E-state index in [1.807, 2.05) is 0 Å². The first-order valence-electron chi connectivity index (χ1n) is 6.64. The van der Waals surface area contributed by atoms with Crippen LogP contribution in [0.4, 0.5) is 0 Å². The van der Waals surface area contributed by atoms with Crippen LogP contribution in [0.5, 0.6) is 0 Å². The monoisotopic (exact) mass is 291 g/mol. The van der Waals surface area contributed by atoms with Crippen molar-refractivity contribution in [1.82, 2.24) is 4.31 Å². The van der Waals surface area contributed by atoms with Crippen molar-refractivity contribution in [2.24, 2.45) is 5.92 Å². The van der Waals surface area contributed by atoms with Crippen LogP contribution in [-0.2, 0) is 24.3 Å². The zero-order chi connectivity index (χ0) is 13.9. The Kier molecular flexibility index (Phi) is 4.94. The van der Waals surface area contributed by atoms with E-state index < -0.39 is 16.1 Å². The minimum absolute atomic E-state index is 0.0278. The molecule has 19 heavy (non-hydrogen) atoms. The van der Waals surface area contributed by atoms with Gasteiger partial charge in [-0.15, -0.1) is 0 Å². The van der Waals surface area contributed by atoms with Gasteiger partial charge in [-0.25, -0.2) is 12.7 Å². The molecule has 0 amide bonds. The van der Waals surface area contributed by atoms with Crippen LogP contribution in [0, 0.1) is 5.92 Å². The molecule has 2 saturated heterocycles. The van der Waals surface area contributed by atoms with Crippen molar-refractivity contribution >= 4 is 15.8 Å². The summed E-state index contributed by atoms with van der Waals surface area (Å²) in [6, 6.07) is 0. The van der Waals surface area contributed by atoms with Gasteiger partial charge in [-0.1, -0.05) is 0 Å². The lowest BCUT2D eigenvalue weighted by atomic mass is 9.92. The molecular weight excluding hydrogens is 270 g/mol. The molecular formula is C12H21NO5S. The number of Topliss-reactive ketones (excluding diaryl/α,β-unsaturated/α-hetero) is 1. The molecule has 0 radical (unpaired) electrons. The predicted molar refractivity (Wildman–Crippen MR) is 69.3 cm³/mol. The van der Waals surface area contributed by atoms with Crippen LogP contribution < -0.4 is 0 Å². The molecule has 0 aromatic carbocycles. The molecule has 7 heteroatoms. The third-order valence-corrected chi connectivity index (χ3v) is 4.89. The molecule has 2 aliphatic rings. The van der Waals surface area contributed by atoms with Gasteiger partial charge < -0.3 is 9.47 Å². The summed E-state index contributed by atoms with van der Waals surface area (Å²) in [6.45, 7) is 2.32. The molecule has 2 atom stereocenters. The Labute approximate surface area is 114 Å². The fraction of sp³-hybridized carbons (Fsp3) is 0.917. The second-order valence-electron chi connectivity index (χ2n) is 5.23. The summed E-state index contributed by atoms with van der Waals surface area (Å²) in [4.78, 5) is 12.0. The molecule has 0 spiro atoms. The maximum atomic E-state index is 12.0. The van der Waals surface area contributed by atoms with E-state index in [0.29, 0.717) is 39.3 Å². The topological polar surface area (TPSA) is 72.9 Å². The van der Waals surface area contributed by atoms with Crippen LogP contribution in [0.1, 0.15) is 19.3 Å². The minimum atomic E-state index is -3.15. The summed E-state index contributed by atoms with van der Waals surface area (Å²) >= 11 is 0. The number of piperidine rings is 1. The van der Waals surface area contributed by atoms with Crippen molar-refractivity contribution in [1.29, 1.82) is 0 Å². The Morgan fingerprint density at radius 2 is 2.16 bits per heavy atom. The Hall–Kier alpha value is -0.500. The molecule has 0 bridgehead atoms. The van der Waals surface area contributed by atoms with Gasteiger partial charge >= 0.3 is 0 Å². The van der Waals surface area contributed by atoms with E-state index in [1.165, 1.54) is 10.6 Å². The summed E-state index contributed by atoms with van der Waals surface area (Å²) in [5.74, 6) is 0.126. The number of ether oxygens (including phenoxy) is 2. The number of hydrogen-bond donors (Lipinski definition) is 0. The van der Waals surface area contributed by atoms with Gasteiger partial charge in [0, 0.05) is 19.5 Å².